The molecular formula is C14H14I2N2O3. The van der Waals surface area contributed by atoms with Crippen molar-refractivity contribution in [2.24, 2.45) is 0 Å². The molecule has 0 saturated carbocycles. The predicted molar refractivity (Wildman–Crippen MR) is 98.4 cm³/mol. The van der Waals surface area contributed by atoms with Crippen LogP contribution in [-0.2, 0) is 10.9 Å². The number of fused-ring (bicyclic) bond motifs is 1. The Hall–Kier alpha value is -0.970. The van der Waals surface area contributed by atoms with E-state index in [0.29, 0.717) is 21.1 Å². The summed E-state index contributed by atoms with van der Waals surface area (Å²) in [6.45, 7) is 1.11. The van der Waals surface area contributed by atoms with Crippen LogP contribution in [0.4, 0.5) is 5.69 Å². The lowest BCUT2D eigenvalue weighted by Crippen LogP contribution is -2.29. The van der Waals surface area contributed by atoms with Crippen molar-refractivity contribution in [3.8, 4) is 0 Å². The molecule has 1 amide bonds. The fourth-order valence-corrected chi connectivity index (χ4v) is 3.72. The van der Waals surface area contributed by atoms with Crippen LogP contribution >= 0.6 is 42.4 Å². The summed E-state index contributed by atoms with van der Waals surface area (Å²) in [6, 6.07) is 10.8. The Balaban J connectivity index is 2.17. The number of anilines is 1. The highest BCUT2D eigenvalue weighted by Gasteiger charge is 2.07. The van der Waals surface area contributed by atoms with Gasteiger partial charge < -0.3 is 10.6 Å². The summed E-state index contributed by atoms with van der Waals surface area (Å²) in [5.41, 5.74) is 0.871. The molecule has 2 aromatic rings. The lowest BCUT2D eigenvalue weighted by Gasteiger charge is -2.10. The highest BCUT2D eigenvalue weighted by atomic mass is 127. The minimum absolute atomic E-state index is 0.00456. The molecule has 0 aliphatic carbocycles. The van der Waals surface area contributed by atoms with Crippen molar-refractivity contribution in [2.75, 3.05) is 22.8 Å². The van der Waals surface area contributed by atoms with Gasteiger partial charge in [-0.15, -0.1) is 0 Å². The van der Waals surface area contributed by atoms with Gasteiger partial charge in [-0.3, -0.25) is 4.79 Å². The third-order valence-corrected chi connectivity index (χ3v) is 5.50. The average Bonchev–Trinajstić information content (AvgIpc) is 2.50. The van der Waals surface area contributed by atoms with E-state index >= 15 is 0 Å². The van der Waals surface area contributed by atoms with Crippen LogP contribution in [0, 0.1) is 3.57 Å². The summed E-state index contributed by atoms with van der Waals surface area (Å²) < 4.78 is 23.6. The van der Waals surface area contributed by atoms with Gasteiger partial charge in [0.25, 0.3) is 0 Å². The van der Waals surface area contributed by atoms with Gasteiger partial charge in [0.05, 0.1) is 8.00 Å². The van der Waals surface area contributed by atoms with Crippen LogP contribution in [-0.4, -0.2) is 23.4 Å². The Bertz CT molecular complexity index is 721. The first kappa shape index (κ1) is 16.4. The van der Waals surface area contributed by atoms with Crippen molar-refractivity contribution < 1.29 is 10.9 Å². The molecule has 5 nitrogen and oxygen atoms in total. The van der Waals surface area contributed by atoms with Crippen LogP contribution in [0.25, 0.3) is 10.8 Å². The fourth-order valence-electron chi connectivity index (χ4n) is 2.01. The highest BCUT2D eigenvalue weighted by molar-refractivity contribution is 14.2. The minimum Gasteiger partial charge on any atom is -0.383 e. The number of carbonyl (C=O) groups is 1. The lowest BCUT2D eigenvalue weighted by atomic mass is 10.1. The number of amides is 1. The van der Waals surface area contributed by atoms with E-state index in [9.17, 15) is 10.9 Å². The Labute approximate surface area is 143 Å². The maximum Gasteiger partial charge on any atom is 0.341 e. The van der Waals surface area contributed by atoms with E-state index in [1.807, 2.05) is 46.9 Å². The molecule has 0 unspecified atom stereocenters. The third-order valence-electron chi connectivity index (χ3n) is 2.92. The monoisotopic (exact) mass is 512 g/mol. The summed E-state index contributed by atoms with van der Waals surface area (Å²) in [4.78, 5) is 11.1. The number of benzene rings is 2. The van der Waals surface area contributed by atoms with E-state index in [1.165, 1.54) is 0 Å². The first-order valence-corrected chi connectivity index (χ1v) is 10.6. The second-order valence-electron chi connectivity index (χ2n) is 4.27. The van der Waals surface area contributed by atoms with Crippen molar-refractivity contribution in [1.29, 1.82) is 0 Å². The van der Waals surface area contributed by atoms with Crippen molar-refractivity contribution in [3.05, 3.63) is 40.0 Å². The SMILES string of the molecule is O=C(CI)NCCNc1cccc2c(I(=O)=O)cccc12. The van der Waals surface area contributed by atoms with Crippen LogP contribution in [0.1, 0.15) is 0 Å². The molecule has 2 aromatic carbocycles. The molecule has 0 radical (unpaired) electrons. The Morgan fingerprint density at radius 2 is 1.76 bits per heavy atom. The summed E-state index contributed by atoms with van der Waals surface area (Å²) in [7, 11) is 0. The van der Waals surface area contributed by atoms with Crippen LogP contribution in [0.3, 0.4) is 0 Å². The minimum atomic E-state index is -3.51. The number of alkyl halides is 1. The standard InChI is InChI=1S/C14H14I2N2O3/c15-9-14(19)18-8-7-17-13-6-2-3-10-11(13)4-1-5-12(10)16(20)21/h1-6,17H,7-9H2,(H,18,19). The molecule has 2 N–H and O–H groups in total. The molecule has 2 rings (SSSR count). The van der Waals surface area contributed by atoms with Crippen molar-refractivity contribution in [2.45, 2.75) is 0 Å². The summed E-state index contributed by atoms with van der Waals surface area (Å²) in [5, 5.41) is 7.63. The maximum absolute atomic E-state index is 11.4. The molecule has 0 aromatic heterocycles. The van der Waals surface area contributed by atoms with Gasteiger partial charge in [0, 0.05) is 29.5 Å². The quantitative estimate of drug-likeness (QED) is 0.355. The molecule has 0 bridgehead atoms. The average molecular weight is 512 g/mol. The zero-order valence-electron chi connectivity index (χ0n) is 11.1. The van der Waals surface area contributed by atoms with Crippen LogP contribution in [0.2, 0.25) is 0 Å². The van der Waals surface area contributed by atoms with E-state index in [1.54, 1.807) is 12.1 Å². The van der Waals surface area contributed by atoms with E-state index in [2.05, 4.69) is 10.6 Å². The predicted octanol–water partition coefficient (Wildman–Crippen LogP) is 3.17. The number of nitrogens with one attached hydrogen (secondary N) is 2. The van der Waals surface area contributed by atoms with Gasteiger partial charge >= 0.3 is 19.8 Å². The number of hydrogen-bond donors (Lipinski definition) is 2. The first-order chi connectivity index (χ1) is 10.1. The second kappa shape index (κ2) is 7.87. The van der Waals surface area contributed by atoms with Gasteiger partial charge in [-0.25, -0.2) is 6.14 Å². The fraction of sp³-hybridized carbons (Fsp3) is 0.214. The first-order valence-electron chi connectivity index (χ1n) is 6.27. The van der Waals surface area contributed by atoms with Gasteiger partial charge in [-0.1, -0.05) is 46.9 Å². The highest BCUT2D eigenvalue weighted by Crippen LogP contribution is 2.30. The van der Waals surface area contributed by atoms with Gasteiger partial charge in [-0.2, -0.15) is 0 Å². The van der Waals surface area contributed by atoms with Gasteiger partial charge in [0.1, 0.15) is 0 Å². The molecule has 7 heteroatoms. The normalized spacial score (nSPS) is 10.8. The van der Waals surface area contributed by atoms with Crippen LogP contribution < -0.4 is 10.6 Å². The zero-order valence-corrected chi connectivity index (χ0v) is 15.4. The van der Waals surface area contributed by atoms with Crippen molar-refractivity contribution in [3.63, 3.8) is 0 Å². The molecule has 0 aliphatic rings. The maximum atomic E-state index is 11.4. The molecule has 0 atom stereocenters. The molecular weight excluding hydrogens is 498 g/mol. The summed E-state index contributed by atoms with van der Waals surface area (Å²) >= 11 is -1.50. The number of rotatable bonds is 6. The Morgan fingerprint density at radius 1 is 1.05 bits per heavy atom. The topological polar surface area (TPSA) is 75.3 Å². The molecule has 0 spiro atoms. The zero-order chi connectivity index (χ0) is 15.2. The Kier molecular flexibility index (Phi) is 6.15. The van der Waals surface area contributed by atoms with Gasteiger partial charge in [-0.05, 0) is 12.1 Å². The lowest BCUT2D eigenvalue weighted by molar-refractivity contribution is -0.118. The van der Waals surface area contributed by atoms with E-state index < -0.39 is 19.8 Å². The molecule has 0 fully saturated rings. The second-order valence-corrected chi connectivity index (χ2v) is 7.43. The number of carbonyl (C=O) groups excluding carboxylic acids is 1. The van der Waals surface area contributed by atoms with Gasteiger partial charge in [0.15, 0.2) is 0 Å². The molecule has 0 heterocycles. The Morgan fingerprint density at radius 3 is 2.48 bits per heavy atom. The van der Waals surface area contributed by atoms with Crippen LogP contribution in [0.5, 0.6) is 0 Å². The van der Waals surface area contributed by atoms with E-state index in [4.69, 9.17) is 0 Å². The number of hydrogen-bond acceptors (Lipinski definition) is 4. The molecule has 0 saturated heterocycles. The smallest absolute Gasteiger partial charge is 0.341 e. The van der Waals surface area contributed by atoms with E-state index in [0.717, 1.165) is 16.5 Å². The van der Waals surface area contributed by atoms with Crippen LogP contribution in [0.15, 0.2) is 36.4 Å². The third kappa shape index (κ3) is 4.25. The van der Waals surface area contributed by atoms with E-state index in [-0.39, 0.29) is 5.91 Å². The summed E-state index contributed by atoms with van der Waals surface area (Å²) in [6.07, 6.45) is 0. The molecule has 112 valence electrons. The molecule has 0 aliphatic heterocycles. The number of halogens is 2. The van der Waals surface area contributed by atoms with Crippen molar-refractivity contribution >= 4 is 64.8 Å². The van der Waals surface area contributed by atoms with Gasteiger partial charge in [0.2, 0.25) is 5.91 Å². The van der Waals surface area contributed by atoms with Crippen molar-refractivity contribution in [1.82, 2.24) is 5.32 Å². The largest absolute Gasteiger partial charge is 0.383 e. The molecule has 21 heavy (non-hydrogen) atoms. The summed E-state index contributed by atoms with van der Waals surface area (Å²) in [5.74, 6) is 0.00456.